The van der Waals surface area contributed by atoms with Gasteiger partial charge in [-0.3, -0.25) is 19.3 Å². The van der Waals surface area contributed by atoms with Crippen LogP contribution in [0.2, 0.25) is 0 Å². The van der Waals surface area contributed by atoms with Gasteiger partial charge in [0.15, 0.2) is 0 Å². The summed E-state index contributed by atoms with van der Waals surface area (Å²) >= 11 is 0. The third kappa shape index (κ3) is 5.38. The number of nitrogens with one attached hydrogen (secondary N) is 1. The van der Waals surface area contributed by atoms with Crippen molar-refractivity contribution in [1.29, 1.82) is 0 Å². The summed E-state index contributed by atoms with van der Waals surface area (Å²) < 4.78 is 15.3. The monoisotopic (exact) mass is 435 g/mol. The summed E-state index contributed by atoms with van der Waals surface area (Å²) in [6.45, 7) is 1.82. The van der Waals surface area contributed by atoms with Gasteiger partial charge in [-0.1, -0.05) is 12.1 Å². The van der Waals surface area contributed by atoms with Gasteiger partial charge < -0.3 is 10.2 Å². The second-order valence-electron chi connectivity index (χ2n) is 7.95. The molecule has 1 aliphatic rings. The lowest BCUT2D eigenvalue weighted by Gasteiger charge is -2.36. The van der Waals surface area contributed by atoms with Crippen LogP contribution in [0.5, 0.6) is 0 Å². The number of aryl methyl sites for hydroxylation is 1. The molecule has 32 heavy (non-hydrogen) atoms. The van der Waals surface area contributed by atoms with Crippen molar-refractivity contribution in [3.8, 4) is 0 Å². The van der Waals surface area contributed by atoms with Gasteiger partial charge in [0, 0.05) is 50.2 Å². The van der Waals surface area contributed by atoms with E-state index in [9.17, 15) is 14.0 Å². The topological polar surface area (TPSA) is 80.1 Å². The summed E-state index contributed by atoms with van der Waals surface area (Å²) in [7, 11) is 0. The molecular weight excluding hydrogens is 409 g/mol. The van der Waals surface area contributed by atoms with Crippen LogP contribution in [0.1, 0.15) is 41.4 Å². The minimum atomic E-state index is -0.450. The fourth-order valence-electron chi connectivity index (χ4n) is 4.13. The molecule has 0 radical (unpaired) electrons. The van der Waals surface area contributed by atoms with Crippen LogP contribution >= 0.6 is 0 Å². The van der Waals surface area contributed by atoms with Gasteiger partial charge in [0.2, 0.25) is 5.91 Å². The number of benzene rings is 1. The molecule has 0 bridgehead atoms. The second kappa shape index (κ2) is 10.2. The number of aromatic nitrogens is 3. The molecule has 1 fully saturated rings. The summed E-state index contributed by atoms with van der Waals surface area (Å²) in [5, 5.41) is 7.19. The first-order valence-corrected chi connectivity index (χ1v) is 10.8. The van der Waals surface area contributed by atoms with Crippen molar-refractivity contribution < 1.29 is 14.0 Å². The maximum absolute atomic E-state index is 13.6. The molecule has 0 aliphatic carbocycles. The number of pyridine rings is 1. The molecular formula is C24H26FN5O2. The Bertz CT molecular complexity index is 1030. The van der Waals surface area contributed by atoms with Gasteiger partial charge in [-0.2, -0.15) is 5.10 Å². The maximum atomic E-state index is 13.6. The van der Waals surface area contributed by atoms with Crippen LogP contribution in [0.15, 0.2) is 67.1 Å². The fourth-order valence-corrected chi connectivity index (χ4v) is 4.13. The average Bonchev–Trinajstić information content (AvgIpc) is 3.35. The Labute approximate surface area is 186 Å². The standard InChI is InChI=1S/C24H26FN5O2/c25-20-6-3-5-19(17-20)24(32)28-23(21-7-1-2-11-26-21)18-8-14-29(15-9-18)22(31)10-16-30-13-4-12-27-30/h1-7,11-13,17-18,23H,8-10,14-16H2,(H,28,32)/t23-/m1/s1. The van der Waals surface area contributed by atoms with Crippen molar-refractivity contribution >= 4 is 11.8 Å². The predicted octanol–water partition coefficient (Wildman–Crippen LogP) is 3.22. The lowest BCUT2D eigenvalue weighted by Crippen LogP contribution is -2.43. The molecule has 1 aliphatic heterocycles. The van der Waals surface area contributed by atoms with Gasteiger partial charge >= 0.3 is 0 Å². The Kier molecular flexibility index (Phi) is 6.89. The Morgan fingerprint density at radius 2 is 1.94 bits per heavy atom. The number of carbonyl (C=O) groups is 2. The number of amides is 2. The Hall–Kier alpha value is -3.55. The summed E-state index contributed by atoms with van der Waals surface area (Å²) in [6.07, 6.45) is 7.15. The van der Waals surface area contributed by atoms with Gasteiger partial charge in [0.05, 0.1) is 11.7 Å². The largest absolute Gasteiger partial charge is 0.343 e. The lowest BCUT2D eigenvalue weighted by molar-refractivity contribution is -0.133. The van der Waals surface area contributed by atoms with Gasteiger partial charge in [0.25, 0.3) is 5.91 Å². The van der Waals surface area contributed by atoms with E-state index in [0.717, 1.165) is 18.5 Å². The highest BCUT2D eigenvalue weighted by atomic mass is 19.1. The minimum Gasteiger partial charge on any atom is -0.343 e. The van der Waals surface area contributed by atoms with Gasteiger partial charge in [-0.05, 0) is 55.2 Å². The lowest BCUT2D eigenvalue weighted by atomic mass is 9.87. The fraction of sp³-hybridized carbons (Fsp3) is 0.333. The van der Waals surface area contributed by atoms with Crippen LogP contribution in [-0.4, -0.2) is 44.6 Å². The number of hydrogen-bond acceptors (Lipinski definition) is 4. The minimum absolute atomic E-state index is 0.108. The molecule has 1 saturated heterocycles. The molecule has 2 aromatic heterocycles. The number of nitrogens with zero attached hydrogens (tertiary/aromatic N) is 4. The molecule has 3 heterocycles. The summed E-state index contributed by atoms with van der Waals surface area (Å²) in [5.41, 5.74) is 1.04. The highest BCUT2D eigenvalue weighted by Crippen LogP contribution is 2.30. The smallest absolute Gasteiger partial charge is 0.251 e. The molecule has 7 nitrogen and oxygen atoms in total. The van der Waals surface area contributed by atoms with Gasteiger partial charge in [-0.15, -0.1) is 0 Å². The van der Waals surface area contributed by atoms with Crippen molar-refractivity contribution in [2.75, 3.05) is 13.1 Å². The molecule has 3 aromatic rings. The average molecular weight is 436 g/mol. The van der Waals surface area contributed by atoms with E-state index in [1.54, 1.807) is 23.1 Å². The highest BCUT2D eigenvalue weighted by Gasteiger charge is 2.31. The molecule has 0 spiro atoms. The van der Waals surface area contributed by atoms with Crippen molar-refractivity contribution in [1.82, 2.24) is 25.0 Å². The first kappa shape index (κ1) is 21.7. The Balaban J connectivity index is 1.40. The van der Waals surface area contributed by atoms with Crippen LogP contribution < -0.4 is 5.32 Å². The number of piperidine rings is 1. The molecule has 2 amide bonds. The number of rotatable bonds is 7. The zero-order chi connectivity index (χ0) is 22.3. The molecule has 166 valence electrons. The molecule has 1 aromatic carbocycles. The third-order valence-electron chi connectivity index (χ3n) is 5.86. The Morgan fingerprint density at radius 1 is 1.09 bits per heavy atom. The van der Waals surface area contributed by atoms with Crippen LogP contribution in [-0.2, 0) is 11.3 Å². The molecule has 1 atom stereocenters. The van der Waals surface area contributed by atoms with E-state index >= 15 is 0 Å². The molecule has 1 N–H and O–H groups in total. The SMILES string of the molecule is O=C(N[C@@H](c1ccccn1)C1CCN(C(=O)CCn2cccn2)CC1)c1cccc(F)c1. The zero-order valence-electron chi connectivity index (χ0n) is 17.7. The first-order chi connectivity index (χ1) is 15.6. The predicted molar refractivity (Wildman–Crippen MR) is 117 cm³/mol. The molecule has 8 heteroatoms. The number of hydrogen-bond donors (Lipinski definition) is 1. The molecule has 0 saturated carbocycles. The number of likely N-dealkylation sites (tertiary alicyclic amines) is 1. The van der Waals surface area contributed by atoms with E-state index in [0.29, 0.717) is 26.1 Å². The van der Waals surface area contributed by atoms with Crippen molar-refractivity contribution in [3.05, 3.63) is 84.2 Å². The van der Waals surface area contributed by atoms with E-state index in [2.05, 4.69) is 15.4 Å². The van der Waals surface area contributed by atoms with Gasteiger partial charge in [-0.25, -0.2) is 4.39 Å². The summed E-state index contributed by atoms with van der Waals surface area (Å²) in [4.78, 5) is 31.7. The Morgan fingerprint density at radius 3 is 2.62 bits per heavy atom. The number of halogens is 1. The summed E-state index contributed by atoms with van der Waals surface area (Å²) in [5.74, 6) is -0.554. The van der Waals surface area contributed by atoms with Crippen molar-refractivity contribution in [3.63, 3.8) is 0 Å². The van der Waals surface area contributed by atoms with Crippen molar-refractivity contribution in [2.24, 2.45) is 5.92 Å². The van der Waals surface area contributed by atoms with E-state index in [1.165, 1.54) is 18.2 Å². The van der Waals surface area contributed by atoms with Crippen LogP contribution in [0.25, 0.3) is 0 Å². The first-order valence-electron chi connectivity index (χ1n) is 10.8. The van der Waals surface area contributed by atoms with E-state index in [1.807, 2.05) is 35.4 Å². The van der Waals surface area contributed by atoms with E-state index < -0.39 is 5.82 Å². The van der Waals surface area contributed by atoms with Crippen molar-refractivity contribution in [2.45, 2.75) is 31.8 Å². The zero-order valence-corrected chi connectivity index (χ0v) is 17.7. The quantitative estimate of drug-likeness (QED) is 0.618. The third-order valence-corrected chi connectivity index (χ3v) is 5.86. The van der Waals surface area contributed by atoms with Crippen LogP contribution in [0, 0.1) is 11.7 Å². The number of carbonyl (C=O) groups excluding carboxylic acids is 2. The van der Waals surface area contributed by atoms with Crippen LogP contribution in [0.3, 0.4) is 0 Å². The second-order valence-corrected chi connectivity index (χ2v) is 7.95. The van der Waals surface area contributed by atoms with E-state index in [4.69, 9.17) is 0 Å². The molecule has 4 rings (SSSR count). The van der Waals surface area contributed by atoms with E-state index in [-0.39, 0.29) is 29.3 Å². The van der Waals surface area contributed by atoms with Crippen LogP contribution in [0.4, 0.5) is 4.39 Å². The summed E-state index contributed by atoms with van der Waals surface area (Å²) in [6, 6.07) is 12.8. The van der Waals surface area contributed by atoms with Gasteiger partial charge in [0.1, 0.15) is 5.82 Å². The molecule has 0 unspecified atom stereocenters. The maximum Gasteiger partial charge on any atom is 0.251 e. The normalized spacial score (nSPS) is 15.3. The highest BCUT2D eigenvalue weighted by molar-refractivity contribution is 5.94.